The van der Waals surface area contributed by atoms with E-state index in [1.54, 1.807) is 0 Å². The fraction of sp³-hybridized carbons (Fsp3) is 0. The number of nitrogens with zero attached hydrogens (tertiary/aromatic N) is 2. The molecule has 150 valence electrons. The Morgan fingerprint density at radius 3 is 2.45 bits per heavy atom. The van der Waals surface area contributed by atoms with Crippen molar-refractivity contribution in [3.63, 3.8) is 0 Å². The molecule has 2 aromatic heterocycles. The maximum absolute atomic E-state index is 4.62. The topological polar surface area (TPSA) is 25.8 Å². The van der Waals surface area contributed by atoms with Crippen LogP contribution in [-0.2, 0) is 20.4 Å². The molecule has 0 saturated heterocycles. The zero-order valence-corrected chi connectivity index (χ0v) is 18.2. The second-order valence-corrected chi connectivity index (χ2v) is 6.95. The monoisotopic (exact) mass is 488 g/mol. The van der Waals surface area contributed by atoms with Gasteiger partial charge in [0.2, 0.25) is 0 Å². The Hall–Kier alpha value is -3.38. The molecule has 0 amide bonds. The Kier molecular flexibility index (Phi) is 6.48. The molecule has 0 atom stereocenters. The molecule has 0 N–H and O–H groups in total. The van der Waals surface area contributed by atoms with Crippen LogP contribution in [0.5, 0.6) is 0 Å². The average Bonchev–Trinajstić information content (AvgIpc) is 2.83. The minimum absolute atomic E-state index is 0. The first-order valence-corrected chi connectivity index (χ1v) is 9.85. The Morgan fingerprint density at radius 2 is 1.55 bits per heavy atom. The van der Waals surface area contributed by atoms with E-state index in [4.69, 9.17) is 0 Å². The van der Waals surface area contributed by atoms with Gasteiger partial charge in [-0.05, 0) is 29.0 Å². The largest absolute Gasteiger partial charge is 2.00 e. The molecule has 5 rings (SSSR count). The minimum atomic E-state index is 0. The van der Waals surface area contributed by atoms with Gasteiger partial charge in [-0.3, -0.25) is 9.97 Å². The number of pyridine rings is 2. The number of aromatic nitrogens is 2. The number of fused-ring (bicyclic) bond motifs is 1. The Labute approximate surface area is 196 Å². The van der Waals surface area contributed by atoms with Gasteiger partial charge in [-0.15, -0.1) is 35.4 Å². The molecule has 0 aliphatic carbocycles. The van der Waals surface area contributed by atoms with E-state index in [0.29, 0.717) is 0 Å². The van der Waals surface area contributed by atoms with Crippen molar-refractivity contribution >= 4 is 16.8 Å². The number of hydrogen-bond donors (Lipinski definition) is 0. The first-order chi connectivity index (χ1) is 14.9. The molecular weight excluding hydrogens is 471 g/mol. The normalized spacial score (nSPS) is 10.8. The number of rotatable bonds is 4. The quantitative estimate of drug-likeness (QED) is 0.161. The van der Waals surface area contributed by atoms with Crippen LogP contribution in [0.25, 0.3) is 39.4 Å². The molecule has 3 heteroatoms. The maximum atomic E-state index is 4.62. The van der Waals surface area contributed by atoms with Gasteiger partial charge < -0.3 is 0 Å². The summed E-state index contributed by atoms with van der Waals surface area (Å²) in [7, 11) is 0. The van der Waals surface area contributed by atoms with Gasteiger partial charge in [0.25, 0.3) is 0 Å². The van der Waals surface area contributed by atoms with Crippen LogP contribution in [0.4, 0.5) is 0 Å². The molecule has 2 heterocycles. The third kappa shape index (κ3) is 4.54. The van der Waals surface area contributed by atoms with E-state index >= 15 is 0 Å². The number of benzene rings is 3. The molecule has 31 heavy (non-hydrogen) atoms. The van der Waals surface area contributed by atoms with Crippen LogP contribution in [0.15, 0.2) is 103 Å². The molecule has 2 nitrogen and oxygen atoms in total. The third-order valence-electron chi connectivity index (χ3n) is 5.00. The van der Waals surface area contributed by atoms with Crippen molar-refractivity contribution in [2.24, 2.45) is 0 Å². The summed E-state index contributed by atoms with van der Waals surface area (Å²) in [6, 6.07) is 34.0. The zero-order chi connectivity index (χ0) is 20.2. The second kappa shape index (κ2) is 9.62. The van der Waals surface area contributed by atoms with Crippen LogP contribution >= 0.6 is 0 Å². The van der Waals surface area contributed by atoms with Crippen molar-refractivity contribution in [3.8, 4) is 22.5 Å². The predicted octanol–water partition coefficient (Wildman–Crippen LogP) is 6.63. The molecule has 0 unspecified atom stereocenters. The minimum Gasteiger partial charge on any atom is -0.295 e. The molecule has 0 bridgehead atoms. The summed E-state index contributed by atoms with van der Waals surface area (Å²) >= 11 is 0. The van der Waals surface area contributed by atoms with E-state index < -0.39 is 0 Å². The van der Waals surface area contributed by atoms with Crippen LogP contribution in [0.2, 0.25) is 0 Å². The molecule has 0 aliphatic rings. The predicted molar refractivity (Wildman–Crippen MR) is 122 cm³/mol. The van der Waals surface area contributed by atoms with Gasteiger partial charge >= 0.3 is 20.4 Å². The average molecular weight is 489 g/mol. The molecule has 0 spiro atoms. The van der Waals surface area contributed by atoms with E-state index in [-0.39, 0.29) is 20.4 Å². The Morgan fingerprint density at radius 1 is 0.710 bits per heavy atom. The summed E-state index contributed by atoms with van der Waals surface area (Å²) in [5.41, 5.74) is 5.86. The van der Waals surface area contributed by atoms with Crippen molar-refractivity contribution in [2.45, 2.75) is 0 Å². The van der Waals surface area contributed by atoms with E-state index in [2.05, 4.69) is 46.4 Å². The van der Waals surface area contributed by atoms with Crippen molar-refractivity contribution in [1.82, 2.24) is 9.97 Å². The molecule has 3 aromatic carbocycles. The summed E-state index contributed by atoms with van der Waals surface area (Å²) in [6.45, 7) is 0. The molecule has 0 radical (unpaired) electrons. The van der Waals surface area contributed by atoms with E-state index in [9.17, 15) is 0 Å². The van der Waals surface area contributed by atoms with Gasteiger partial charge in [0, 0.05) is 23.8 Å². The van der Waals surface area contributed by atoms with Gasteiger partial charge in [-0.25, -0.2) is 6.08 Å². The first-order valence-electron chi connectivity index (χ1n) is 9.85. The van der Waals surface area contributed by atoms with Crippen molar-refractivity contribution in [1.29, 1.82) is 0 Å². The Balaban J connectivity index is 0.00000231. The summed E-state index contributed by atoms with van der Waals surface area (Å²) < 4.78 is 0. The van der Waals surface area contributed by atoms with Crippen LogP contribution < -0.4 is 0 Å². The molecule has 5 aromatic rings. The molecule has 0 fully saturated rings. The molecule has 0 aliphatic heterocycles. The Bertz CT molecular complexity index is 1340. The third-order valence-corrected chi connectivity index (χ3v) is 5.00. The van der Waals surface area contributed by atoms with Crippen molar-refractivity contribution in [2.75, 3.05) is 0 Å². The second-order valence-electron chi connectivity index (χ2n) is 6.95. The van der Waals surface area contributed by atoms with Gasteiger partial charge in [0.15, 0.2) is 0 Å². The maximum Gasteiger partial charge on any atom is 2.00 e. The molecule has 0 saturated carbocycles. The van der Waals surface area contributed by atoms with E-state index in [0.717, 1.165) is 39.0 Å². The van der Waals surface area contributed by atoms with Gasteiger partial charge in [-0.2, -0.15) is 23.8 Å². The fourth-order valence-electron chi connectivity index (χ4n) is 3.55. The van der Waals surface area contributed by atoms with Crippen LogP contribution in [0.1, 0.15) is 11.1 Å². The van der Waals surface area contributed by atoms with E-state index in [1.165, 1.54) is 5.39 Å². The number of hydrogen-bond acceptors (Lipinski definition) is 2. The molecular formula is C28H18N2Pd. The first kappa shape index (κ1) is 20.9. The van der Waals surface area contributed by atoms with Crippen LogP contribution in [0.3, 0.4) is 0 Å². The zero-order valence-electron chi connectivity index (χ0n) is 16.6. The smallest absolute Gasteiger partial charge is 0.295 e. The van der Waals surface area contributed by atoms with Crippen LogP contribution in [-0.4, -0.2) is 9.97 Å². The standard InChI is InChI=1S/C28H18N2.Pd/c1-3-12-25(27-14-5-6-18-29-27)22(9-1)16-15-21-8-7-11-24(20-21)28-26-13-4-2-10-23(26)17-19-30-28;/h1-15,17-19H;/q-2;+2. The SMILES string of the molecule is [C-](=Cc1[c-]c(-c2nccc3ccccc23)ccc1)c1ccccc1-c1ccccn1.[Pd+2]. The van der Waals surface area contributed by atoms with Crippen LogP contribution in [0, 0.1) is 12.1 Å². The van der Waals surface area contributed by atoms with Crippen molar-refractivity contribution in [3.05, 3.63) is 127 Å². The summed E-state index contributed by atoms with van der Waals surface area (Å²) in [4.78, 5) is 9.09. The summed E-state index contributed by atoms with van der Waals surface area (Å²) in [5.74, 6) is 0. The summed E-state index contributed by atoms with van der Waals surface area (Å²) in [6.07, 6.45) is 9.06. The fourth-order valence-corrected chi connectivity index (χ4v) is 3.55. The van der Waals surface area contributed by atoms with E-state index in [1.807, 2.05) is 85.2 Å². The summed E-state index contributed by atoms with van der Waals surface area (Å²) in [5, 5.41) is 2.30. The van der Waals surface area contributed by atoms with Gasteiger partial charge in [-0.1, -0.05) is 48.0 Å². The van der Waals surface area contributed by atoms with Gasteiger partial charge in [0.05, 0.1) is 0 Å². The van der Waals surface area contributed by atoms with Gasteiger partial charge in [0.1, 0.15) is 0 Å². The van der Waals surface area contributed by atoms with Crippen molar-refractivity contribution < 1.29 is 20.4 Å².